The van der Waals surface area contributed by atoms with Gasteiger partial charge in [0.1, 0.15) is 6.61 Å². The van der Waals surface area contributed by atoms with Crippen molar-refractivity contribution in [2.45, 2.75) is 18.9 Å². The molecule has 2 saturated heterocycles. The maximum atomic E-state index is 12.8. The fourth-order valence-electron chi connectivity index (χ4n) is 2.80. The van der Waals surface area contributed by atoms with Crippen LogP contribution in [0.3, 0.4) is 0 Å². The van der Waals surface area contributed by atoms with Crippen LogP contribution in [0.25, 0.3) is 6.08 Å². The zero-order valence-electron chi connectivity index (χ0n) is 12.3. The molecular weight excluding hydrogens is 298 g/mol. The highest BCUT2D eigenvalue weighted by atomic mass is 32.1. The van der Waals surface area contributed by atoms with E-state index in [-0.39, 0.29) is 23.1 Å². The number of benzene rings is 1. The number of carbonyl (C=O) groups is 1. The third kappa shape index (κ3) is 3.36. The third-order valence-corrected chi connectivity index (χ3v) is 4.31. The van der Waals surface area contributed by atoms with Crippen molar-refractivity contribution in [2.75, 3.05) is 19.8 Å². The van der Waals surface area contributed by atoms with Gasteiger partial charge in [-0.1, -0.05) is 42.5 Å². The number of rotatable bonds is 4. The van der Waals surface area contributed by atoms with E-state index in [9.17, 15) is 4.79 Å². The lowest BCUT2D eigenvalue weighted by Gasteiger charge is -2.23. The van der Waals surface area contributed by atoms with Gasteiger partial charge >= 0.3 is 0 Å². The molecule has 2 aliphatic heterocycles. The fourth-order valence-corrected chi connectivity index (χ4v) is 3.07. The molecule has 0 aliphatic carbocycles. The molecule has 0 radical (unpaired) electrons. The molecule has 1 aromatic rings. The molecule has 3 rings (SSSR count). The number of hydrogen-bond acceptors (Lipinski definition) is 4. The van der Waals surface area contributed by atoms with Crippen LogP contribution < -0.4 is 0 Å². The number of nitrogens with zero attached hydrogens (tertiary/aromatic N) is 1. The lowest BCUT2D eigenvalue weighted by molar-refractivity contribution is -0.133. The van der Waals surface area contributed by atoms with Gasteiger partial charge < -0.3 is 9.47 Å². The summed E-state index contributed by atoms with van der Waals surface area (Å²) < 4.78 is 11.0. The molecule has 2 aliphatic rings. The van der Waals surface area contributed by atoms with Crippen molar-refractivity contribution < 1.29 is 14.3 Å². The first-order valence-electron chi connectivity index (χ1n) is 7.59. The number of thiocarbonyl (C=S) groups is 1. The molecule has 0 unspecified atom stereocenters. The Bertz CT molecular complexity index is 567. The summed E-state index contributed by atoms with van der Waals surface area (Å²) in [4.78, 5) is 14.3. The zero-order chi connectivity index (χ0) is 15.4. The summed E-state index contributed by atoms with van der Waals surface area (Å²) in [7, 11) is 0. The van der Waals surface area contributed by atoms with Crippen molar-refractivity contribution in [3.63, 3.8) is 0 Å². The van der Waals surface area contributed by atoms with Gasteiger partial charge in [0, 0.05) is 6.61 Å². The highest BCUT2D eigenvalue weighted by Gasteiger charge is 2.36. The Morgan fingerprint density at radius 2 is 2.14 bits per heavy atom. The predicted octanol–water partition coefficient (Wildman–Crippen LogP) is 2.64. The second kappa shape index (κ2) is 7.03. The molecule has 1 aromatic carbocycles. The Labute approximate surface area is 135 Å². The summed E-state index contributed by atoms with van der Waals surface area (Å²) in [6, 6.07) is 9.95. The Kier molecular flexibility index (Phi) is 4.85. The summed E-state index contributed by atoms with van der Waals surface area (Å²) in [5, 5.41) is 0.279. The zero-order valence-corrected chi connectivity index (χ0v) is 13.1. The van der Waals surface area contributed by atoms with E-state index >= 15 is 0 Å². The third-order valence-electron chi connectivity index (χ3n) is 3.97. The largest absolute Gasteiger partial charge is 0.469 e. The Morgan fingerprint density at radius 1 is 1.32 bits per heavy atom. The molecule has 2 atom stereocenters. The van der Waals surface area contributed by atoms with E-state index in [1.807, 2.05) is 42.5 Å². The summed E-state index contributed by atoms with van der Waals surface area (Å²) in [6.07, 6.45) is 5.74. The van der Waals surface area contributed by atoms with Crippen molar-refractivity contribution in [3.8, 4) is 0 Å². The van der Waals surface area contributed by atoms with Crippen LogP contribution in [0.1, 0.15) is 18.4 Å². The molecular formula is C17H19NO3S. The van der Waals surface area contributed by atoms with Crippen LogP contribution in [0.5, 0.6) is 0 Å². The van der Waals surface area contributed by atoms with Gasteiger partial charge in [0.2, 0.25) is 5.91 Å². The van der Waals surface area contributed by atoms with Gasteiger partial charge in [0.15, 0.2) is 0 Å². The van der Waals surface area contributed by atoms with Crippen molar-refractivity contribution >= 4 is 29.4 Å². The first-order chi connectivity index (χ1) is 10.8. The molecule has 116 valence electrons. The SMILES string of the molecule is O=C([C@H](/C=C/c1ccccc1)[C@@H]1CCCO1)N1CCOC1=S. The summed E-state index contributed by atoms with van der Waals surface area (Å²) >= 11 is 5.11. The van der Waals surface area contributed by atoms with Crippen molar-refractivity contribution in [1.82, 2.24) is 4.90 Å². The molecule has 2 fully saturated rings. The molecule has 0 bridgehead atoms. The van der Waals surface area contributed by atoms with Gasteiger partial charge in [0.05, 0.1) is 18.6 Å². The average Bonchev–Trinajstić information content (AvgIpc) is 3.20. The van der Waals surface area contributed by atoms with Gasteiger partial charge in [-0.05, 0) is 30.6 Å². The van der Waals surface area contributed by atoms with Crippen LogP contribution in [-0.2, 0) is 14.3 Å². The van der Waals surface area contributed by atoms with Gasteiger partial charge in [-0.15, -0.1) is 0 Å². The van der Waals surface area contributed by atoms with Crippen LogP contribution in [0.4, 0.5) is 0 Å². The number of hydrogen-bond donors (Lipinski definition) is 0. The van der Waals surface area contributed by atoms with Gasteiger partial charge in [-0.3, -0.25) is 9.69 Å². The van der Waals surface area contributed by atoms with E-state index < -0.39 is 0 Å². The summed E-state index contributed by atoms with van der Waals surface area (Å²) in [5.41, 5.74) is 1.07. The maximum Gasteiger partial charge on any atom is 0.266 e. The molecule has 0 saturated carbocycles. The first kappa shape index (κ1) is 15.2. The average molecular weight is 317 g/mol. The molecule has 22 heavy (non-hydrogen) atoms. The van der Waals surface area contributed by atoms with E-state index in [1.54, 1.807) is 4.90 Å². The van der Waals surface area contributed by atoms with Crippen LogP contribution >= 0.6 is 12.2 Å². The number of ether oxygens (including phenoxy) is 2. The van der Waals surface area contributed by atoms with Crippen LogP contribution in [0.15, 0.2) is 36.4 Å². The maximum absolute atomic E-state index is 12.8. The van der Waals surface area contributed by atoms with E-state index in [0.29, 0.717) is 19.8 Å². The van der Waals surface area contributed by atoms with E-state index in [0.717, 1.165) is 18.4 Å². The quantitative estimate of drug-likeness (QED) is 0.800. The van der Waals surface area contributed by atoms with Crippen LogP contribution in [-0.4, -0.2) is 41.8 Å². The van der Waals surface area contributed by atoms with Gasteiger partial charge in [0.25, 0.3) is 5.17 Å². The Hall–Kier alpha value is -1.72. The minimum Gasteiger partial charge on any atom is -0.469 e. The summed E-state index contributed by atoms with van der Waals surface area (Å²) in [5.74, 6) is -0.344. The Balaban J connectivity index is 1.79. The topological polar surface area (TPSA) is 38.8 Å². The van der Waals surface area contributed by atoms with Crippen LogP contribution in [0, 0.1) is 5.92 Å². The smallest absolute Gasteiger partial charge is 0.266 e. The fraction of sp³-hybridized carbons (Fsp3) is 0.412. The molecule has 5 heteroatoms. The first-order valence-corrected chi connectivity index (χ1v) is 7.99. The minimum absolute atomic E-state index is 0.0263. The van der Waals surface area contributed by atoms with Gasteiger partial charge in [-0.2, -0.15) is 0 Å². The normalized spacial score (nSPS) is 23.0. The highest BCUT2D eigenvalue weighted by molar-refractivity contribution is 7.80. The van der Waals surface area contributed by atoms with Crippen molar-refractivity contribution in [1.29, 1.82) is 0 Å². The second-order valence-corrected chi connectivity index (χ2v) is 5.80. The second-order valence-electron chi connectivity index (χ2n) is 5.45. The lowest BCUT2D eigenvalue weighted by Crippen LogP contribution is -2.40. The van der Waals surface area contributed by atoms with Crippen molar-refractivity contribution in [3.05, 3.63) is 42.0 Å². The number of amides is 1. The van der Waals surface area contributed by atoms with Crippen molar-refractivity contribution in [2.24, 2.45) is 5.92 Å². The van der Waals surface area contributed by atoms with E-state index in [1.165, 1.54) is 0 Å². The minimum atomic E-state index is -0.317. The molecule has 1 amide bonds. The number of carbonyl (C=O) groups excluding carboxylic acids is 1. The van der Waals surface area contributed by atoms with E-state index in [4.69, 9.17) is 21.7 Å². The molecule has 0 spiro atoms. The predicted molar refractivity (Wildman–Crippen MR) is 88.2 cm³/mol. The Morgan fingerprint density at radius 3 is 2.77 bits per heavy atom. The van der Waals surface area contributed by atoms with E-state index in [2.05, 4.69) is 0 Å². The van der Waals surface area contributed by atoms with Crippen LogP contribution in [0.2, 0.25) is 0 Å². The highest BCUT2D eigenvalue weighted by Crippen LogP contribution is 2.25. The monoisotopic (exact) mass is 317 g/mol. The van der Waals surface area contributed by atoms with Gasteiger partial charge in [-0.25, -0.2) is 0 Å². The molecule has 2 heterocycles. The molecule has 0 N–H and O–H groups in total. The molecule has 4 nitrogen and oxygen atoms in total. The summed E-state index contributed by atoms with van der Waals surface area (Å²) in [6.45, 7) is 1.72. The lowest BCUT2D eigenvalue weighted by atomic mass is 9.96. The standard InChI is InChI=1S/C17H19NO3S/c19-16(18-10-12-21-17(18)22)14(15-7-4-11-20-15)9-8-13-5-2-1-3-6-13/h1-3,5-6,8-9,14-15H,4,7,10-12H2/b9-8+/t14-,15+/m1/s1. The molecule has 0 aromatic heterocycles.